The van der Waals surface area contributed by atoms with E-state index in [2.05, 4.69) is 98.9 Å². The van der Waals surface area contributed by atoms with E-state index in [-0.39, 0.29) is 38.6 Å². The van der Waals surface area contributed by atoms with Crippen molar-refractivity contribution in [3.8, 4) is 0 Å². The lowest BCUT2D eigenvalue weighted by Crippen LogP contribution is -2.29. The molecule has 0 heterocycles. The SMILES string of the molecule is CC/C=C\C/C=C\C/C=C\C/C=C\C/C=C\C/C=C\CCCCCCCCCCCCC(=O)OC(COC(=O)CCCCCCCCCCC/C=C\CCCCCCCC)COP(=O)(O)OCCN. The second kappa shape index (κ2) is 54.5. The van der Waals surface area contributed by atoms with E-state index in [0.29, 0.717) is 6.42 Å². The predicted octanol–water partition coefficient (Wildman–Crippen LogP) is 17.5. The Kier molecular flexibility index (Phi) is 52.3. The minimum Gasteiger partial charge on any atom is -0.462 e. The first kappa shape index (κ1) is 66.2. The molecule has 398 valence electrons. The monoisotopic (exact) mass is 986 g/mol. The van der Waals surface area contributed by atoms with Crippen molar-refractivity contribution < 1.29 is 37.6 Å². The Morgan fingerprint density at radius 1 is 0.449 bits per heavy atom. The van der Waals surface area contributed by atoms with Gasteiger partial charge in [0.05, 0.1) is 13.2 Å². The first-order chi connectivity index (χ1) is 33.8. The summed E-state index contributed by atoms with van der Waals surface area (Å²) >= 11 is 0. The summed E-state index contributed by atoms with van der Waals surface area (Å²) < 4.78 is 33.0. The number of esters is 2. The molecular formula is C59H104NO8P. The van der Waals surface area contributed by atoms with E-state index in [9.17, 15) is 19.0 Å². The molecular weight excluding hydrogens is 882 g/mol. The largest absolute Gasteiger partial charge is 0.472 e. The molecule has 0 aromatic rings. The average Bonchev–Trinajstić information content (AvgIpc) is 3.34. The molecule has 0 spiro atoms. The molecule has 0 aliphatic rings. The number of phosphoric acid groups is 1. The fraction of sp³-hybridized carbons (Fsp3) is 0.729. The van der Waals surface area contributed by atoms with E-state index in [4.69, 9.17) is 24.3 Å². The summed E-state index contributed by atoms with van der Waals surface area (Å²) in [6.45, 7) is 3.63. The van der Waals surface area contributed by atoms with Crippen molar-refractivity contribution in [1.82, 2.24) is 0 Å². The van der Waals surface area contributed by atoms with Crippen LogP contribution in [0.25, 0.3) is 0 Å². The molecule has 0 rings (SSSR count). The van der Waals surface area contributed by atoms with Gasteiger partial charge in [-0.1, -0.05) is 227 Å². The van der Waals surface area contributed by atoms with Gasteiger partial charge >= 0.3 is 19.8 Å². The third kappa shape index (κ3) is 54.4. The third-order valence-corrected chi connectivity index (χ3v) is 12.7. The van der Waals surface area contributed by atoms with Crippen LogP contribution in [0.5, 0.6) is 0 Å². The minimum atomic E-state index is -4.39. The number of carbonyl (C=O) groups is 2. The van der Waals surface area contributed by atoms with Gasteiger partial charge in [-0.3, -0.25) is 18.6 Å². The molecule has 2 unspecified atom stereocenters. The van der Waals surface area contributed by atoms with Crippen LogP contribution in [0.1, 0.15) is 245 Å². The molecule has 0 radical (unpaired) electrons. The zero-order chi connectivity index (χ0) is 50.2. The first-order valence-corrected chi connectivity index (χ1v) is 29.6. The summed E-state index contributed by atoms with van der Waals surface area (Å²) in [4.78, 5) is 35.2. The summed E-state index contributed by atoms with van der Waals surface area (Å²) in [5.74, 6) is -0.834. The Hall–Kier alpha value is -2.81. The molecule has 0 aliphatic carbocycles. The highest BCUT2D eigenvalue weighted by atomic mass is 31.2. The molecule has 0 bridgehead atoms. The van der Waals surface area contributed by atoms with E-state index in [0.717, 1.165) is 83.5 Å². The van der Waals surface area contributed by atoms with Gasteiger partial charge in [0.25, 0.3) is 0 Å². The van der Waals surface area contributed by atoms with Crippen LogP contribution in [0.3, 0.4) is 0 Å². The van der Waals surface area contributed by atoms with Crippen molar-refractivity contribution in [2.75, 3.05) is 26.4 Å². The Labute approximate surface area is 424 Å². The summed E-state index contributed by atoms with van der Waals surface area (Å²) in [5, 5.41) is 0. The maximum Gasteiger partial charge on any atom is 0.472 e. The van der Waals surface area contributed by atoms with Crippen LogP contribution in [0.15, 0.2) is 85.1 Å². The Balaban J connectivity index is 4.02. The van der Waals surface area contributed by atoms with Gasteiger partial charge in [-0.25, -0.2) is 4.57 Å². The van der Waals surface area contributed by atoms with Crippen LogP contribution < -0.4 is 5.73 Å². The summed E-state index contributed by atoms with van der Waals surface area (Å²) in [6, 6.07) is 0. The number of hydrogen-bond donors (Lipinski definition) is 2. The molecule has 10 heteroatoms. The number of allylic oxidation sites excluding steroid dienone is 14. The Bertz CT molecular complexity index is 1400. The molecule has 0 amide bonds. The number of rotatable bonds is 52. The summed E-state index contributed by atoms with van der Waals surface area (Å²) in [6.07, 6.45) is 70.5. The Morgan fingerprint density at radius 2 is 0.797 bits per heavy atom. The van der Waals surface area contributed by atoms with Crippen LogP contribution in [-0.4, -0.2) is 49.3 Å². The van der Waals surface area contributed by atoms with Crippen molar-refractivity contribution in [3.05, 3.63) is 85.1 Å². The summed E-state index contributed by atoms with van der Waals surface area (Å²) in [5.41, 5.74) is 5.38. The van der Waals surface area contributed by atoms with Gasteiger partial charge in [0, 0.05) is 19.4 Å². The zero-order valence-corrected chi connectivity index (χ0v) is 45.2. The standard InChI is InChI=1S/C59H104NO8P/c1-3-5-7-9-11-13-15-17-19-21-23-24-25-26-27-28-29-30-31-32-34-36-38-40-42-44-46-48-50-52-59(62)68-57(56-67-69(63,64)66-54-53-60)55-65-58(61)51-49-47-45-43-41-39-37-35-33-22-20-18-16-14-12-10-8-6-4-2/h5,7,11,13,17-20,23-24,26-27,29-30,57H,3-4,6,8-10,12,14-16,21-22,25,28,31-56,60H2,1-2H3,(H,63,64)/b7-5-,13-11-,19-17-,20-18-,24-23-,27-26-,30-29-. The van der Waals surface area contributed by atoms with Gasteiger partial charge in [0.2, 0.25) is 0 Å². The van der Waals surface area contributed by atoms with Gasteiger partial charge in [-0.2, -0.15) is 0 Å². The maximum absolute atomic E-state index is 12.7. The molecule has 2 atom stereocenters. The van der Waals surface area contributed by atoms with E-state index in [1.54, 1.807) is 0 Å². The maximum atomic E-state index is 12.7. The van der Waals surface area contributed by atoms with Crippen LogP contribution in [0, 0.1) is 0 Å². The molecule has 0 aromatic carbocycles. The number of hydrogen-bond acceptors (Lipinski definition) is 8. The Morgan fingerprint density at radius 3 is 1.20 bits per heavy atom. The van der Waals surface area contributed by atoms with Crippen LogP contribution in [0.4, 0.5) is 0 Å². The second-order valence-electron chi connectivity index (χ2n) is 18.4. The summed E-state index contributed by atoms with van der Waals surface area (Å²) in [7, 11) is -4.39. The first-order valence-electron chi connectivity index (χ1n) is 28.1. The fourth-order valence-electron chi connectivity index (χ4n) is 7.63. The van der Waals surface area contributed by atoms with E-state index >= 15 is 0 Å². The lowest BCUT2D eigenvalue weighted by Gasteiger charge is -2.19. The molecule has 69 heavy (non-hydrogen) atoms. The average molecular weight is 986 g/mol. The minimum absolute atomic E-state index is 0.0493. The quantitative estimate of drug-likeness (QED) is 0.0264. The highest BCUT2D eigenvalue weighted by Gasteiger charge is 2.26. The van der Waals surface area contributed by atoms with Crippen molar-refractivity contribution in [2.24, 2.45) is 5.73 Å². The molecule has 3 N–H and O–H groups in total. The van der Waals surface area contributed by atoms with Gasteiger partial charge in [-0.05, 0) is 89.9 Å². The molecule has 0 fully saturated rings. The number of phosphoric ester groups is 1. The molecule has 0 saturated heterocycles. The van der Waals surface area contributed by atoms with E-state index < -0.39 is 26.5 Å². The van der Waals surface area contributed by atoms with E-state index in [1.807, 2.05) is 0 Å². The lowest BCUT2D eigenvalue weighted by molar-refractivity contribution is -0.161. The van der Waals surface area contributed by atoms with Crippen LogP contribution in [0.2, 0.25) is 0 Å². The third-order valence-electron chi connectivity index (χ3n) is 11.8. The van der Waals surface area contributed by atoms with Crippen molar-refractivity contribution >= 4 is 19.8 Å². The number of nitrogens with two attached hydrogens (primary N) is 1. The van der Waals surface area contributed by atoms with Crippen molar-refractivity contribution in [2.45, 2.75) is 251 Å². The topological polar surface area (TPSA) is 134 Å². The van der Waals surface area contributed by atoms with E-state index in [1.165, 1.54) is 128 Å². The molecule has 9 nitrogen and oxygen atoms in total. The normalized spacial score (nSPS) is 13.7. The smallest absolute Gasteiger partial charge is 0.462 e. The molecule has 0 aromatic heterocycles. The highest BCUT2D eigenvalue weighted by molar-refractivity contribution is 7.47. The number of carbonyl (C=O) groups excluding carboxylic acids is 2. The van der Waals surface area contributed by atoms with Gasteiger partial charge in [0.1, 0.15) is 6.61 Å². The van der Waals surface area contributed by atoms with Crippen molar-refractivity contribution in [1.29, 1.82) is 0 Å². The second-order valence-corrected chi connectivity index (χ2v) is 19.9. The van der Waals surface area contributed by atoms with Gasteiger partial charge in [0.15, 0.2) is 6.10 Å². The molecule has 0 saturated carbocycles. The zero-order valence-electron chi connectivity index (χ0n) is 44.3. The van der Waals surface area contributed by atoms with Crippen LogP contribution in [-0.2, 0) is 32.7 Å². The number of unbranched alkanes of at least 4 members (excludes halogenated alkanes) is 25. The van der Waals surface area contributed by atoms with Gasteiger partial charge in [-0.15, -0.1) is 0 Å². The fourth-order valence-corrected chi connectivity index (χ4v) is 8.40. The van der Waals surface area contributed by atoms with Crippen molar-refractivity contribution in [3.63, 3.8) is 0 Å². The number of ether oxygens (including phenoxy) is 2. The van der Waals surface area contributed by atoms with Crippen LogP contribution >= 0.6 is 7.82 Å². The molecule has 0 aliphatic heterocycles. The highest BCUT2D eigenvalue weighted by Crippen LogP contribution is 2.43. The van der Waals surface area contributed by atoms with Gasteiger partial charge < -0.3 is 20.1 Å². The lowest BCUT2D eigenvalue weighted by atomic mass is 10.0. The predicted molar refractivity (Wildman–Crippen MR) is 293 cm³/mol.